The maximum absolute atomic E-state index is 6.04. The third kappa shape index (κ3) is 2.73. The minimum atomic E-state index is 0.656. The zero-order valence-electron chi connectivity index (χ0n) is 16.1. The summed E-state index contributed by atoms with van der Waals surface area (Å²) in [5.41, 5.74) is 4.96. The van der Waals surface area contributed by atoms with Crippen LogP contribution >= 0.6 is 0 Å². The molecule has 0 spiro atoms. The van der Waals surface area contributed by atoms with E-state index in [9.17, 15) is 0 Å². The molecule has 0 amide bonds. The van der Waals surface area contributed by atoms with E-state index in [-0.39, 0.29) is 0 Å². The molecule has 0 radical (unpaired) electrons. The molecule has 0 bridgehead atoms. The Hall–Kier alpha value is -4.05. The van der Waals surface area contributed by atoms with E-state index in [1.165, 1.54) is 5.56 Å². The molecule has 0 fully saturated rings. The number of hydrogen-bond acceptors (Lipinski definition) is 4. The van der Waals surface area contributed by atoms with Gasteiger partial charge in [-0.3, -0.25) is 0 Å². The topological polar surface area (TPSA) is 51.8 Å². The van der Waals surface area contributed by atoms with Crippen LogP contribution in [0.2, 0.25) is 0 Å². The molecule has 4 heteroatoms. The SMILES string of the molecule is C1=Cc2oc3cccc(-c4nc(-c5ccccc5)nc(-c5ccccc5)n4)c3c2C1. The zero-order chi connectivity index (χ0) is 19.9. The lowest BCUT2D eigenvalue weighted by atomic mass is 10.0. The van der Waals surface area contributed by atoms with Crippen molar-refractivity contribution in [3.05, 3.63) is 96.3 Å². The molecule has 0 saturated heterocycles. The third-order valence-electron chi connectivity index (χ3n) is 5.38. The van der Waals surface area contributed by atoms with Gasteiger partial charge < -0.3 is 4.42 Å². The third-order valence-corrected chi connectivity index (χ3v) is 5.38. The van der Waals surface area contributed by atoms with E-state index in [4.69, 9.17) is 19.4 Å². The van der Waals surface area contributed by atoms with Crippen molar-refractivity contribution in [1.29, 1.82) is 0 Å². The van der Waals surface area contributed by atoms with Crippen molar-refractivity contribution in [3.8, 4) is 34.2 Å². The molecule has 0 unspecified atom stereocenters. The standard InChI is InChI=1S/C26H17N3O/c1-3-9-17(10-4-1)24-27-25(18-11-5-2-6-12-18)29-26(28-24)20-14-8-16-22-23(20)19-13-7-15-21(19)30-22/h1-12,14-16H,13H2. The Morgan fingerprint density at radius 2 is 1.27 bits per heavy atom. The first-order valence-electron chi connectivity index (χ1n) is 9.95. The molecule has 0 N–H and O–H groups in total. The Bertz CT molecular complexity index is 1350. The van der Waals surface area contributed by atoms with Gasteiger partial charge in [0.1, 0.15) is 11.3 Å². The van der Waals surface area contributed by atoms with Gasteiger partial charge in [-0.2, -0.15) is 0 Å². The van der Waals surface area contributed by atoms with Gasteiger partial charge in [-0.1, -0.05) is 78.9 Å². The summed E-state index contributed by atoms with van der Waals surface area (Å²) < 4.78 is 6.04. The van der Waals surface area contributed by atoms with Gasteiger partial charge in [0.25, 0.3) is 0 Å². The summed E-state index contributed by atoms with van der Waals surface area (Å²) in [5, 5.41) is 1.08. The Morgan fingerprint density at radius 3 is 1.93 bits per heavy atom. The summed E-state index contributed by atoms with van der Waals surface area (Å²) in [6, 6.07) is 26.1. The monoisotopic (exact) mass is 387 g/mol. The fourth-order valence-electron chi connectivity index (χ4n) is 3.97. The van der Waals surface area contributed by atoms with E-state index in [0.29, 0.717) is 17.5 Å². The maximum Gasteiger partial charge on any atom is 0.164 e. The van der Waals surface area contributed by atoms with E-state index < -0.39 is 0 Å². The van der Waals surface area contributed by atoms with E-state index in [2.05, 4.69) is 12.1 Å². The van der Waals surface area contributed by atoms with Gasteiger partial charge in [0.05, 0.1) is 0 Å². The number of nitrogens with zero attached hydrogens (tertiary/aromatic N) is 3. The lowest BCUT2D eigenvalue weighted by Crippen LogP contribution is -2.00. The quantitative estimate of drug-likeness (QED) is 0.370. The number of furan rings is 1. The summed E-state index contributed by atoms with van der Waals surface area (Å²) in [6.07, 6.45) is 5.03. The van der Waals surface area contributed by atoms with Crippen molar-refractivity contribution in [3.63, 3.8) is 0 Å². The summed E-state index contributed by atoms with van der Waals surface area (Å²) in [6.45, 7) is 0. The first-order valence-corrected chi connectivity index (χ1v) is 9.95. The van der Waals surface area contributed by atoms with Crippen LogP contribution in [-0.2, 0) is 6.42 Å². The van der Waals surface area contributed by atoms with Crippen molar-refractivity contribution < 1.29 is 4.42 Å². The second-order valence-electron chi connectivity index (χ2n) is 7.27. The molecule has 142 valence electrons. The molecule has 5 aromatic rings. The van der Waals surface area contributed by atoms with Crippen LogP contribution in [0.5, 0.6) is 0 Å². The highest BCUT2D eigenvalue weighted by Gasteiger charge is 2.21. The molecule has 30 heavy (non-hydrogen) atoms. The zero-order valence-corrected chi connectivity index (χ0v) is 16.1. The predicted octanol–water partition coefficient (Wildman–Crippen LogP) is 6.19. The molecule has 2 heterocycles. The molecule has 1 aliphatic rings. The van der Waals surface area contributed by atoms with Crippen molar-refractivity contribution in [2.24, 2.45) is 0 Å². The largest absolute Gasteiger partial charge is 0.456 e. The maximum atomic E-state index is 6.04. The lowest BCUT2D eigenvalue weighted by Gasteiger charge is -2.09. The number of benzene rings is 3. The van der Waals surface area contributed by atoms with Gasteiger partial charge in [0.2, 0.25) is 0 Å². The summed E-state index contributed by atoms with van der Waals surface area (Å²) in [4.78, 5) is 14.5. The van der Waals surface area contributed by atoms with Crippen LogP contribution in [0.25, 0.3) is 51.2 Å². The minimum absolute atomic E-state index is 0.656. The number of rotatable bonds is 3. The average Bonchev–Trinajstić information content (AvgIpc) is 3.41. The van der Waals surface area contributed by atoms with Crippen LogP contribution in [0.4, 0.5) is 0 Å². The molecular weight excluding hydrogens is 370 g/mol. The molecule has 0 aliphatic heterocycles. The van der Waals surface area contributed by atoms with Crippen molar-refractivity contribution in [2.45, 2.75) is 6.42 Å². The van der Waals surface area contributed by atoms with E-state index in [1.807, 2.05) is 78.9 Å². The second kappa shape index (κ2) is 6.78. The molecule has 1 aliphatic carbocycles. The Morgan fingerprint density at radius 1 is 0.633 bits per heavy atom. The van der Waals surface area contributed by atoms with Gasteiger partial charge in [-0.15, -0.1) is 0 Å². The number of hydrogen-bond donors (Lipinski definition) is 0. The molecule has 4 nitrogen and oxygen atoms in total. The Kier molecular flexibility index (Phi) is 3.81. The molecule has 3 aromatic carbocycles. The first kappa shape index (κ1) is 16.9. The average molecular weight is 387 g/mol. The number of aromatic nitrogens is 3. The van der Waals surface area contributed by atoms with Crippen molar-refractivity contribution in [1.82, 2.24) is 15.0 Å². The van der Waals surface area contributed by atoms with Gasteiger partial charge in [-0.05, 0) is 18.6 Å². The Balaban J connectivity index is 1.62. The van der Waals surface area contributed by atoms with Crippen LogP contribution in [0.15, 0.2) is 89.4 Å². The highest BCUT2D eigenvalue weighted by atomic mass is 16.3. The summed E-state index contributed by atoms with van der Waals surface area (Å²) in [7, 11) is 0. The number of fused-ring (bicyclic) bond motifs is 3. The second-order valence-corrected chi connectivity index (χ2v) is 7.27. The van der Waals surface area contributed by atoms with Gasteiger partial charge in [-0.25, -0.2) is 15.0 Å². The molecule has 0 atom stereocenters. The molecule has 6 rings (SSSR count). The fourth-order valence-corrected chi connectivity index (χ4v) is 3.97. The first-order chi connectivity index (χ1) is 14.9. The van der Waals surface area contributed by atoms with Gasteiger partial charge in [0.15, 0.2) is 17.5 Å². The van der Waals surface area contributed by atoms with Crippen LogP contribution < -0.4 is 0 Å². The highest BCUT2D eigenvalue weighted by Crippen LogP contribution is 2.37. The van der Waals surface area contributed by atoms with Crippen LogP contribution in [-0.4, -0.2) is 15.0 Å². The predicted molar refractivity (Wildman–Crippen MR) is 119 cm³/mol. The normalized spacial score (nSPS) is 12.4. The summed E-state index contributed by atoms with van der Waals surface area (Å²) in [5.74, 6) is 2.91. The molecular formula is C26H17N3O. The number of allylic oxidation sites excluding steroid dienone is 1. The summed E-state index contributed by atoms with van der Waals surface area (Å²) >= 11 is 0. The minimum Gasteiger partial charge on any atom is -0.456 e. The lowest BCUT2D eigenvalue weighted by molar-refractivity contribution is 0.603. The fraction of sp³-hybridized carbons (Fsp3) is 0.0385. The highest BCUT2D eigenvalue weighted by molar-refractivity contribution is 5.98. The van der Waals surface area contributed by atoms with E-state index in [0.717, 1.165) is 39.8 Å². The molecule has 0 saturated carbocycles. The van der Waals surface area contributed by atoms with Gasteiger partial charge >= 0.3 is 0 Å². The Labute approximate surface area is 173 Å². The van der Waals surface area contributed by atoms with Crippen molar-refractivity contribution >= 4 is 17.0 Å². The van der Waals surface area contributed by atoms with E-state index in [1.54, 1.807) is 0 Å². The van der Waals surface area contributed by atoms with Crippen molar-refractivity contribution in [2.75, 3.05) is 0 Å². The molecule has 2 aromatic heterocycles. The van der Waals surface area contributed by atoms with Crippen LogP contribution in [0.1, 0.15) is 11.3 Å². The van der Waals surface area contributed by atoms with E-state index >= 15 is 0 Å². The van der Waals surface area contributed by atoms with Crippen LogP contribution in [0.3, 0.4) is 0 Å². The smallest absolute Gasteiger partial charge is 0.164 e. The van der Waals surface area contributed by atoms with Crippen LogP contribution in [0, 0.1) is 0 Å². The van der Waals surface area contributed by atoms with Gasteiger partial charge in [0, 0.05) is 27.6 Å².